The molecule has 58 valence electrons. The third-order valence-corrected chi connectivity index (χ3v) is 3.70. The molecule has 0 N–H and O–H groups in total. The van der Waals surface area contributed by atoms with Crippen molar-refractivity contribution in [2.75, 3.05) is 0 Å². The van der Waals surface area contributed by atoms with Gasteiger partial charge in [-0.1, -0.05) is 20.3 Å². The molecule has 2 fully saturated rings. The summed E-state index contributed by atoms with van der Waals surface area (Å²) in [4.78, 5) is 0. The van der Waals surface area contributed by atoms with E-state index in [2.05, 4.69) is 13.8 Å². The average Bonchev–Trinajstić information content (AvgIpc) is 1.82. The lowest BCUT2D eigenvalue weighted by molar-refractivity contribution is 0.0355. The Morgan fingerprint density at radius 1 is 1.00 bits per heavy atom. The van der Waals surface area contributed by atoms with Crippen LogP contribution in [-0.2, 0) is 0 Å². The zero-order chi connectivity index (χ0) is 7.14. The van der Waals surface area contributed by atoms with Crippen molar-refractivity contribution in [2.45, 2.75) is 39.5 Å². The molecule has 0 heterocycles. The molecule has 0 aromatic heterocycles. The highest BCUT2D eigenvalue weighted by Crippen LogP contribution is 2.49. The van der Waals surface area contributed by atoms with Gasteiger partial charge in [-0.05, 0) is 42.9 Å². The maximum Gasteiger partial charge on any atom is -0.0360 e. The summed E-state index contributed by atoms with van der Waals surface area (Å²) in [6, 6.07) is 0. The summed E-state index contributed by atoms with van der Waals surface area (Å²) in [5, 5.41) is 0. The quantitative estimate of drug-likeness (QED) is 0.522. The van der Waals surface area contributed by atoms with E-state index in [1.165, 1.54) is 19.3 Å². The molecule has 2 atom stereocenters. The van der Waals surface area contributed by atoms with Crippen molar-refractivity contribution in [3.05, 3.63) is 0 Å². The molecule has 0 heteroatoms. The van der Waals surface area contributed by atoms with Gasteiger partial charge in [0, 0.05) is 0 Å². The van der Waals surface area contributed by atoms with E-state index < -0.39 is 0 Å². The molecule has 2 saturated carbocycles. The molecule has 2 rings (SSSR count). The van der Waals surface area contributed by atoms with Gasteiger partial charge in [0.2, 0.25) is 0 Å². The van der Waals surface area contributed by atoms with E-state index in [-0.39, 0.29) is 0 Å². The number of rotatable bonds is 1. The van der Waals surface area contributed by atoms with Crippen molar-refractivity contribution in [1.29, 1.82) is 0 Å². The molecule has 0 aliphatic heterocycles. The highest BCUT2D eigenvalue weighted by atomic mass is 14.4. The van der Waals surface area contributed by atoms with Gasteiger partial charge in [-0.2, -0.15) is 0 Å². The van der Waals surface area contributed by atoms with E-state index in [0.717, 1.165) is 23.7 Å². The van der Waals surface area contributed by atoms with Crippen LogP contribution in [-0.4, -0.2) is 0 Å². The zero-order valence-electron chi connectivity index (χ0n) is 7.14. The van der Waals surface area contributed by atoms with E-state index in [1.807, 2.05) is 0 Å². The molecular formula is C10H18. The summed E-state index contributed by atoms with van der Waals surface area (Å²) >= 11 is 0. The second-order valence-electron chi connectivity index (χ2n) is 4.56. The highest BCUT2D eigenvalue weighted by molar-refractivity contribution is 4.89. The van der Waals surface area contributed by atoms with Gasteiger partial charge < -0.3 is 0 Å². The minimum atomic E-state index is 1.05. The summed E-state index contributed by atoms with van der Waals surface area (Å²) < 4.78 is 0. The molecule has 2 aliphatic rings. The smallest absolute Gasteiger partial charge is 0.0360 e. The van der Waals surface area contributed by atoms with Crippen LogP contribution in [0.1, 0.15) is 39.5 Å². The second-order valence-corrected chi connectivity index (χ2v) is 4.56. The van der Waals surface area contributed by atoms with Gasteiger partial charge in [-0.3, -0.25) is 0 Å². The minimum absolute atomic E-state index is 1.05. The second kappa shape index (κ2) is 2.25. The van der Waals surface area contributed by atoms with Crippen molar-refractivity contribution in [1.82, 2.24) is 0 Å². The first-order valence-electron chi connectivity index (χ1n) is 4.77. The highest BCUT2D eigenvalue weighted by Gasteiger charge is 2.39. The van der Waals surface area contributed by atoms with E-state index in [4.69, 9.17) is 0 Å². The maximum atomic E-state index is 2.43. The number of hydrogen-bond acceptors (Lipinski definition) is 0. The summed E-state index contributed by atoms with van der Waals surface area (Å²) in [6.45, 7) is 4.82. The normalized spacial score (nSPS) is 53.4. The molecule has 0 saturated heterocycles. The monoisotopic (exact) mass is 138 g/mol. The van der Waals surface area contributed by atoms with Gasteiger partial charge in [-0.15, -0.1) is 0 Å². The fourth-order valence-corrected chi connectivity index (χ4v) is 2.71. The molecular weight excluding hydrogens is 120 g/mol. The first kappa shape index (κ1) is 6.69. The van der Waals surface area contributed by atoms with Crippen LogP contribution in [0.2, 0.25) is 0 Å². The van der Waals surface area contributed by atoms with Crippen LogP contribution < -0.4 is 0 Å². The first-order valence-corrected chi connectivity index (χ1v) is 4.77. The Morgan fingerprint density at radius 3 is 2.00 bits per heavy atom. The van der Waals surface area contributed by atoms with Crippen molar-refractivity contribution < 1.29 is 0 Å². The van der Waals surface area contributed by atoms with Crippen molar-refractivity contribution in [3.8, 4) is 0 Å². The van der Waals surface area contributed by atoms with Crippen LogP contribution in [0.15, 0.2) is 0 Å². The predicted molar refractivity (Wildman–Crippen MR) is 43.8 cm³/mol. The van der Waals surface area contributed by atoms with E-state index >= 15 is 0 Å². The van der Waals surface area contributed by atoms with Crippen LogP contribution in [0, 0.1) is 23.7 Å². The maximum absolute atomic E-state index is 2.43. The molecule has 0 nitrogen and oxygen atoms in total. The third kappa shape index (κ3) is 0.889. The van der Waals surface area contributed by atoms with E-state index in [1.54, 1.807) is 6.42 Å². The van der Waals surface area contributed by atoms with E-state index in [0.29, 0.717) is 0 Å². The lowest BCUT2D eigenvalue weighted by Crippen LogP contribution is -2.37. The zero-order valence-corrected chi connectivity index (χ0v) is 7.14. The molecule has 0 aromatic rings. The SMILES string of the molecule is CC1CC(C2CCC2C)C1. The first-order chi connectivity index (χ1) is 4.77. The molecule has 2 aliphatic carbocycles. The molecule has 10 heavy (non-hydrogen) atoms. The van der Waals surface area contributed by atoms with Crippen LogP contribution in [0.25, 0.3) is 0 Å². The Hall–Kier alpha value is 0. The van der Waals surface area contributed by atoms with E-state index in [9.17, 15) is 0 Å². The van der Waals surface area contributed by atoms with Gasteiger partial charge in [0.25, 0.3) is 0 Å². The van der Waals surface area contributed by atoms with Gasteiger partial charge in [0.05, 0.1) is 0 Å². The minimum Gasteiger partial charge on any atom is -0.0625 e. The Morgan fingerprint density at radius 2 is 1.70 bits per heavy atom. The van der Waals surface area contributed by atoms with Crippen molar-refractivity contribution >= 4 is 0 Å². The van der Waals surface area contributed by atoms with Gasteiger partial charge in [0.15, 0.2) is 0 Å². The fraction of sp³-hybridized carbons (Fsp3) is 1.00. The topological polar surface area (TPSA) is 0 Å². The Bertz CT molecular complexity index is 122. The standard InChI is InChI=1S/C10H18/c1-7-5-9(6-7)10-4-3-8(10)2/h7-10H,3-6H2,1-2H3. The summed E-state index contributed by atoms with van der Waals surface area (Å²) in [5.74, 6) is 4.39. The molecule has 0 bridgehead atoms. The third-order valence-electron chi connectivity index (χ3n) is 3.70. The Balaban J connectivity index is 1.79. The summed E-state index contributed by atoms with van der Waals surface area (Å²) in [7, 11) is 0. The van der Waals surface area contributed by atoms with Gasteiger partial charge in [0.1, 0.15) is 0 Å². The van der Waals surface area contributed by atoms with Crippen molar-refractivity contribution in [3.63, 3.8) is 0 Å². The Kier molecular flexibility index (Phi) is 1.51. The predicted octanol–water partition coefficient (Wildman–Crippen LogP) is 3.08. The van der Waals surface area contributed by atoms with Crippen LogP contribution >= 0.6 is 0 Å². The molecule has 0 spiro atoms. The molecule has 0 aromatic carbocycles. The fourth-order valence-electron chi connectivity index (χ4n) is 2.71. The Labute approximate surface area is 64.0 Å². The van der Waals surface area contributed by atoms with Crippen LogP contribution in [0.4, 0.5) is 0 Å². The lowest BCUT2D eigenvalue weighted by Gasteiger charge is -2.47. The van der Waals surface area contributed by atoms with Gasteiger partial charge >= 0.3 is 0 Å². The average molecular weight is 138 g/mol. The largest absolute Gasteiger partial charge is 0.0625 e. The van der Waals surface area contributed by atoms with Crippen molar-refractivity contribution in [2.24, 2.45) is 23.7 Å². The number of hydrogen-bond donors (Lipinski definition) is 0. The molecule has 0 amide bonds. The molecule has 0 radical (unpaired) electrons. The van der Waals surface area contributed by atoms with Crippen LogP contribution in [0.5, 0.6) is 0 Å². The van der Waals surface area contributed by atoms with Gasteiger partial charge in [-0.25, -0.2) is 0 Å². The summed E-state index contributed by atoms with van der Waals surface area (Å²) in [6.07, 6.45) is 6.12. The lowest BCUT2D eigenvalue weighted by atomic mass is 9.59. The van der Waals surface area contributed by atoms with Crippen LogP contribution in [0.3, 0.4) is 0 Å². The molecule has 2 unspecified atom stereocenters. The summed E-state index contributed by atoms with van der Waals surface area (Å²) in [5.41, 5.74) is 0.